The highest BCUT2D eigenvalue weighted by atomic mass is 32.2. The highest BCUT2D eigenvalue weighted by molar-refractivity contribution is 7.89. The van der Waals surface area contributed by atoms with Crippen LogP contribution in [0.25, 0.3) is 0 Å². The fraction of sp³-hybridized carbons (Fsp3) is 0.535. The molecule has 0 saturated carbocycles. The molecule has 67 heavy (non-hydrogen) atoms. The van der Waals surface area contributed by atoms with Crippen molar-refractivity contribution in [3.63, 3.8) is 0 Å². The highest BCUT2D eigenvalue weighted by Crippen LogP contribution is 2.32. The van der Waals surface area contributed by atoms with Gasteiger partial charge in [-0.2, -0.15) is 8.42 Å². The van der Waals surface area contributed by atoms with Crippen LogP contribution in [0.5, 0.6) is 5.75 Å². The Labute approximate surface area is 390 Å². The molecule has 2 aromatic carbocycles. The molecule has 0 radical (unpaired) electrons. The summed E-state index contributed by atoms with van der Waals surface area (Å²) in [4.78, 5) is 65.5. The number of carboxylic acids is 1. The minimum Gasteiger partial charge on any atom is -0.494 e. The van der Waals surface area contributed by atoms with Crippen molar-refractivity contribution in [2.75, 3.05) is 63.9 Å². The third-order valence-electron chi connectivity index (χ3n) is 10.3. The van der Waals surface area contributed by atoms with E-state index in [1.807, 2.05) is 0 Å². The second-order valence-electron chi connectivity index (χ2n) is 15.9. The number of aliphatic imine (C=N–C) groups is 1. The van der Waals surface area contributed by atoms with Gasteiger partial charge in [0.25, 0.3) is 26.0 Å². The average Bonchev–Trinajstić information content (AvgIpc) is 3.78. The van der Waals surface area contributed by atoms with Crippen molar-refractivity contribution in [2.24, 2.45) is 16.6 Å². The number of nitrogens with one attached hydrogen (secondary N) is 4. The number of nitrogens with two attached hydrogens (primary N) is 1. The van der Waals surface area contributed by atoms with Gasteiger partial charge in [-0.05, 0) is 101 Å². The average molecular weight is 979 g/mol. The maximum atomic E-state index is 14.1. The maximum Gasteiger partial charge on any atom is 0.327 e. The van der Waals surface area contributed by atoms with E-state index in [1.165, 1.54) is 32.9 Å². The summed E-state index contributed by atoms with van der Waals surface area (Å²) >= 11 is 0. The lowest BCUT2D eigenvalue weighted by Crippen LogP contribution is -2.57. The first-order valence-electron chi connectivity index (χ1n) is 21.8. The standard InChI is InChI=1S/C43H62N8O14S2/c1-28-23-34(65-18-7-10-37(52)45-13-8-17-63-20-22-64-21-19-62-16-6-5-9-33(44)27-66(57,58)59)24-29(2)40(28)67(60,61)50-51(31(4)42(55)56)41(54)38-30(3)39(53)35-12-11-32(25-36(35)49-38)26-48-43-46-14-15-47-43/h11-12,14-15,23-25,30-31,33,50H,5-10,13,16-22,26-27,44H2,1-4H3,(H,45,52)(H,55,56)(H2,46,47,48)(H,57,58,59). The Bertz CT molecular complexity index is 2380. The van der Waals surface area contributed by atoms with Gasteiger partial charge in [-0.25, -0.2) is 28.2 Å². The van der Waals surface area contributed by atoms with Crippen LogP contribution < -0.4 is 25.9 Å². The normalized spacial score (nSPS) is 14.7. The SMILES string of the molecule is Cc1cc(OCCCC(=O)NCCCOCCOCCOCCCCC(N)CS(=O)(=O)O)cc(C)c1S(=O)(=O)NN(C(=O)C1=Nc2cc(CNc3ncc[nH]3)ccc2C(=O)C1C)C(C)C(=O)O. The molecule has 3 atom stereocenters. The monoisotopic (exact) mass is 978 g/mol. The first kappa shape index (κ1) is 54.3. The topological polar surface area (TPSA) is 320 Å². The number of hydrogen-bond acceptors (Lipinski definition) is 16. The second kappa shape index (κ2) is 26.3. The van der Waals surface area contributed by atoms with Crippen molar-refractivity contribution in [1.82, 2.24) is 25.1 Å². The second-order valence-corrected chi connectivity index (χ2v) is 19.0. The number of imidazole rings is 1. The van der Waals surface area contributed by atoms with Crippen molar-refractivity contribution in [3.05, 3.63) is 65.0 Å². The number of aliphatic carboxylic acids is 1. The zero-order valence-electron chi connectivity index (χ0n) is 38.1. The first-order valence-corrected chi connectivity index (χ1v) is 24.9. The van der Waals surface area contributed by atoms with Crippen LogP contribution in [0.3, 0.4) is 0 Å². The quantitative estimate of drug-likeness (QED) is 0.0277. The summed E-state index contributed by atoms with van der Waals surface area (Å²) < 4.78 is 80.6. The number of carbonyl (C=O) groups excluding carboxylic acids is 3. The molecule has 0 fully saturated rings. The van der Waals surface area contributed by atoms with E-state index in [9.17, 15) is 41.1 Å². The minimum absolute atomic E-state index is 0.154. The Hall–Kier alpha value is -5.34. The molecule has 4 rings (SSSR count). The van der Waals surface area contributed by atoms with Crippen LogP contribution in [0, 0.1) is 19.8 Å². The number of hydrazine groups is 1. The summed E-state index contributed by atoms with van der Waals surface area (Å²) in [6, 6.07) is 5.58. The number of aromatic nitrogens is 2. The van der Waals surface area contributed by atoms with Crippen molar-refractivity contribution >= 4 is 61.1 Å². The van der Waals surface area contributed by atoms with E-state index < -0.39 is 61.6 Å². The lowest BCUT2D eigenvalue weighted by molar-refractivity contribution is -0.148. The van der Waals surface area contributed by atoms with E-state index in [4.69, 9.17) is 29.2 Å². The number of fused-ring (bicyclic) bond motifs is 1. The number of sulfonamides is 1. The van der Waals surface area contributed by atoms with Crippen LogP contribution in [0.2, 0.25) is 0 Å². The molecule has 22 nitrogen and oxygen atoms in total. The van der Waals surface area contributed by atoms with Gasteiger partial charge in [0, 0.05) is 56.7 Å². The van der Waals surface area contributed by atoms with E-state index >= 15 is 0 Å². The number of H-pyrrole nitrogens is 1. The Kier molecular flexibility index (Phi) is 21.3. The van der Waals surface area contributed by atoms with E-state index in [1.54, 1.807) is 30.6 Å². The van der Waals surface area contributed by atoms with E-state index in [0.29, 0.717) is 107 Å². The number of amides is 2. The van der Waals surface area contributed by atoms with Gasteiger partial charge < -0.3 is 45.4 Å². The summed E-state index contributed by atoms with van der Waals surface area (Å²) in [5, 5.41) is 16.3. The molecule has 3 aromatic rings. The lowest BCUT2D eigenvalue weighted by Gasteiger charge is -2.30. The van der Waals surface area contributed by atoms with Crippen molar-refractivity contribution < 1.29 is 64.6 Å². The molecule has 1 aliphatic heterocycles. The zero-order valence-corrected chi connectivity index (χ0v) is 39.7. The number of unbranched alkanes of at least 4 members (excludes halogenated alkanes) is 1. The number of rotatable bonds is 31. The maximum absolute atomic E-state index is 14.1. The summed E-state index contributed by atoms with van der Waals surface area (Å²) in [5.41, 5.74) is 6.94. The number of anilines is 1. The minimum atomic E-state index is -4.61. The molecule has 0 aliphatic carbocycles. The van der Waals surface area contributed by atoms with Gasteiger partial charge in [-0.15, -0.1) is 4.83 Å². The van der Waals surface area contributed by atoms with Gasteiger partial charge in [0.15, 0.2) is 11.7 Å². The smallest absolute Gasteiger partial charge is 0.327 e. The largest absolute Gasteiger partial charge is 0.494 e. The van der Waals surface area contributed by atoms with E-state index in [-0.39, 0.29) is 51.9 Å². The highest BCUT2D eigenvalue weighted by Gasteiger charge is 2.39. The molecule has 8 N–H and O–H groups in total. The first-order chi connectivity index (χ1) is 31.8. The Balaban J connectivity index is 1.18. The third-order valence-corrected chi connectivity index (χ3v) is 12.8. The van der Waals surface area contributed by atoms with Crippen molar-refractivity contribution in [1.29, 1.82) is 0 Å². The van der Waals surface area contributed by atoms with Crippen LogP contribution >= 0.6 is 0 Å². The molecular weight excluding hydrogens is 917 g/mol. The fourth-order valence-electron chi connectivity index (χ4n) is 6.90. The number of aromatic amines is 1. The van der Waals surface area contributed by atoms with Gasteiger partial charge in [0.2, 0.25) is 5.91 Å². The Morgan fingerprint density at radius 1 is 0.925 bits per heavy atom. The molecule has 1 aromatic heterocycles. The number of benzene rings is 2. The number of nitrogens with zero attached hydrogens (tertiary/aromatic N) is 3. The number of ether oxygens (including phenoxy) is 4. The van der Waals surface area contributed by atoms with Gasteiger partial charge >= 0.3 is 5.97 Å². The predicted molar refractivity (Wildman–Crippen MR) is 246 cm³/mol. The van der Waals surface area contributed by atoms with Crippen LogP contribution in [0.15, 0.2) is 52.6 Å². The molecule has 0 saturated heterocycles. The molecule has 3 unspecified atom stereocenters. The molecule has 2 heterocycles. The van der Waals surface area contributed by atoms with Crippen LogP contribution in [-0.2, 0) is 55.3 Å². The van der Waals surface area contributed by atoms with E-state index in [2.05, 4.69) is 30.4 Å². The van der Waals surface area contributed by atoms with Crippen molar-refractivity contribution in [3.8, 4) is 5.75 Å². The summed E-state index contributed by atoms with van der Waals surface area (Å²) in [6.07, 6.45) is 6.23. The fourth-order valence-corrected chi connectivity index (χ4v) is 9.16. The molecule has 2 amide bonds. The van der Waals surface area contributed by atoms with Crippen LogP contribution in [0.1, 0.15) is 79.4 Å². The molecule has 0 bridgehead atoms. The van der Waals surface area contributed by atoms with Gasteiger partial charge in [0.05, 0.1) is 55.3 Å². The molecule has 370 valence electrons. The van der Waals surface area contributed by atoms with Crippen molar-refractivity contribution in [2.45, 2.75) is 89.7 Å². The molecular formula is C43H62N8O14S2. The number of Topliss-reactive ketones (excluding diaryl/α,β-unsaturated/α-hetero) is 1. The number of aryl methyl sites for hydroxylation is 2. The van der Waals surface area contributed by atoms with E-state index in [0.717, 1.165) is 6.92 Å². The van der Waals surface area contributed by atoms with Gasteiger partial charge in [-0.3, -0.25) is 18.9 Å². The number of hydrogen-bond donors (Lipinski definition) is 7. The predicted octanol–water partition coefficient (Wildman–Crippen LogP) is 2.84. The summed E-state index contributed by atoms with van der Waals surface area (Å²) in [5.74, 6) is -3.95. The molecule has 1 aliphatic rings. The number of ketones is 1. The number of carboxylic acid groups (broad SMARTS) is 1. The van der Waals surface area contributed by atoms with Crippen LogP contribution in [-0.4, -0.2) is 141 Å². The third kappa shape index (κ3) is 17.7. The van der Waals surface area contributed by atoms with Gasteiger partial charge in [-0.1, -0.05) is 6.07 Å². The number of carbonyl (C=O) groups is 4. The molecule has 0 spiro atoms. The Morgan fingerprint density at radius 2 is 1.58 bits per heavy atom. The molecule has 24 heteroatoms. The zero-order chi connectivity index (χ0) is 49.1. The summed E-state index contributed by atoms with van der Waals surface area (Å²) in [6.45, 7) is 8.95. The summed E-state index contributed by atoms with van der Waals surface area (Å²) in [7, 11) is -8.68. The lowest BCUT2D eigenvalue weighted by atomic mass is 9.89. The Morgan fingerprint density at radius 3 is 2.21 bits per heavy atom. The van der Waals surface area contributed by atoms with Gasteiger partial charge in [0.1, 0.15) is 17.5 Å². The van der Waals surface area contributed by atoms with Crippen LogP contribution in [0.4, 0.5) is 11.6 Å².